The van der Waals surface area contributed by atoms with Crippen LogP contribution in [0.25, 0.3) is 0 Å². The molecule has 7 atom stereocenters. The molecular formula is C30H36N2O4. The number of amides is 1. The van der Waals surface area contributed by atoms with E-state index in [4.69, 9.17) is 6.42 Å². The highest BCUT2D eigenvalue weighted by Gasteiger charge is 2.71. The third-order valence-electron chi connectivity index (χ3n) is 11.3. The maximum absolute atomic E-state index is 14.2. The molecule has 5 rings (SSSR count). The number of rotatable bonds is 1. The molecule has 0 unspecified atom stereocenters. The van der Waals surface area contributed by atoms with Crippen molar-refractivity contribution >= 4 is 17.7 Å². The molecule has 0 aromatic rings. The largest absolute Gasteiger partial charge is 0.481 e. The molecule has 1 heterocycles. The Morgan fingerprint density at radius 2 is 1.81 bits per heavy atom. The fraction of sp³-hybridized carbons (Fsp3) is 0.667. The lowest BCUT2D eigenvalue weighted by Crippen LogP contribution is -2.67. The molecule has 1 amide bonds. The second-order valence-corrected chi connectivity index (χ2v) is 13.3. The van der Waals surface area contributed by atoms with Crippen LogP contribution in [0.15, 0.2) is 23.3 Å². The molecule has 0 bridgehead atoms. The van der Waals surface area contributed by atoms with E-state index in [-0.39, 0.29) is 34.6 Å². The summed E-state index contributed by atoms with van der Waals surface area (Å²) in [7, 11) is 1.72. The Labute approximate surface area is 213 Å². The first kappa shape index (κ1) is 24.8. The predicted molar refractivity (Wildman–Crippen MR) is 134 cm³/mol. The Kier molecular flexibility index (Phi) is 5.06. The Morgan fingerprint density at radius 3 is 2.42 bits per heavy atom. The number of allylic oxidation sites excluding steroid dienone is 1. The summed E-state index contributed by atoms with van der Waals surface area (Å²) >= 11 is 0. The van der Waals surface area contributed by atoms with E-state index in [0.29, 0.717) is 38.5 Å². The molecule has 6 heteroatoms. The molecule has 1 aliphatic heterocycles. The van der Waals surface area contributed by atoms with Crippen molar-refractivity contribution < 1.29 is 19.5 Å². The number of nitriles is 1. The highest BCUT2D eigenvalue weighted by Crippen LogP contribution is 2.72. The van der Waals surface area contributed by atoms with Gasteiger partial charge in [-0.1, -0.05) is 33.6 Å². The first-order chi connectivity index (χ1) is 16.7. The molecule has 0 aromatic carbocycles. The van der Waals surface area contributed by atoms with Crippen LogP contribution in [-0.2, 0) is 14.4 Å². The molecule has 3 fully saturated rings. The van der Waals surface area contributed by atoms with Crippen molar-refractivity contribution in [1.82, 2.24) is 4.90 Å². The van der Waals surface area contributed by atoms with Gasteiger partial charge in [-0.3, -0.25) is 14.4 Å². The van der Waals surface area contributed by atoms with Crippen molar-refractivity contribution in [3.05, 3.63) is 23.3 Å². The van der Waals surface area contributed by atoms with Crippen LogP contribution in [0, 0.1) is 62.6 Å². The molecule has 190 valence electrons. The minimum Gasteiger partial charge on any atom is -0.481 e. The Hall–Kier alpha value is -2.86. The van der Waals surface area contributed by atoms with Gasteiger partial charge in [0.05, 0.1) is 10.8 Å². The molecule has 0 aromatic heterocycles. The molecule has 6 nitrogen and oxygen atoms in total. The van der Waals surface area contributed by atoms with Gasteiger partial charge in [-0.25, -0.2) is 0 Å². The number of nitrogens with zero attached hydrogens (tertiary/aromatic N) is 2. The van der Waals surface area contributed by atoms with Gasteiger partial charge in [0.15, 0.2) is 5.78 Å². The van der Waals surface area contributed by atoms with Crippen LogP contribution in [0.4, 0.5) is 0 Å². The van der Waals surface area contributed by atoms with Gasteiger partial charge in [0, 0.05) is 24.4 Å². The summed E-state index contributed by atoms with van der Waals surface area (Å²) in [4.78, 5) is 41.4. The molecule has 0 radical (unpaired) electrons. The zero-order valence-electron chi connectivity index (χ0n) is 22.0. The number of carboxylic acids is 1. The number of aliphatic carboxylic acids is 1. The maximum Gasteiger partial charge on any atom is 0.309 e. The molecule has 0 spiro atoms. The van der Waals surface area contributed by atoms with Crippen molar-refractivity contribution in [3.63, 3.8) is 0 Å². The normalized spacial score (nSPS) is 45.0. The quantitative estimate of drug-likeness (QED) is 0.547. The van der Waals surface area contributed by atoms with Crippen LogP contribution in [-0.4, -0.2) is 40.8 Å². The highest BCUT2D eigenvalue weighted by atomic mass is 16.4. The number of terminal acetylenes is 1. The predicted octanol–water partition coefficient (Wildman–Crippen LogP) is 4.52. The van der Waals surface area contributed by atoms with Crippen LogP contribution in [0.2, 0.25) is 0 Å². The molecule has 4 aliphatic carbocycles. The third kappa shape index (κ3) is 2.77. The average Bonchev–Trinajstić information content (AvgIpc) is 2.81. The van der Waals surface area contributed by atoms with E-state index in [9.17, 15) is 24.8 Å². The number of carbonyl (C=O) groups excluding carboxylic acids is 2. The van der Waals surface area contributed by atoms with Gasteiger partial charge in [-0.2, -0.15) is 5.26 Å². The number of fused-ring (bicyclic) bond motifs is 7. The zero-order valence-corrected chi connectivity index (χ0v) is 22.0. The van der Waals surface area contributed by atoms with Gasteiger partial charge in [-0.15, -0.1) is 6.42 Å². The van der Waals surface area contributed by atoms with Crippen molar-refractivity contribution in [2.75, 3.05) is 7.05 Å². The summed E-state index contributed by atoms with van der Waals surface area (Å²) in [6.07, 6.45) is 14.3. The van der Waals surface area contributed by atoms with Crippen LogP contribution >= 0.6 is 0 Å². The SMILES string of the molecule is C#C[C@@]12CC[C@H]3N(C)C(=O)C(C#N)=C[C@]3(C)C1=CC(=O)[C@@H]1[C@@H]3CC(C)(C)CC[C@]3(C(=O)O)CC[C@]12C. The van der Waals surface area contributed by atoms with Gasteiger partial charge in [0.25, 0.3) is 5.91 Å². The van der Waals surface area contributed by atoms with Crippen LogP contribution in [0.3, 0.4) is 0 Å². The summed E-state index contributed by atoms with van der Waals surface area (Å²) in [6.45, 7) is 8.46. The topological polar surface area (TPSA) is 98.5 Å². The van der Waals surface area contributed by atoms with Gasteiger partial charge >= 0.3 is 5.97 Å². The summed E-state index contributed by atoms with van der Waals surface area (Å²) in [5, 5.41) is 20.2. The highest BCUT2D eigenvalue weighted by molar-refractivity contribution is 6.00. The molecule has 5 aliphatic rings. The summed E-state index contributed by atoms with van der Waals surface area (Å²) < 4.78 is 0. The molecule has 36 heavy (non-hydrogen) atoms. The van der Waals surface area contributed by atoms with E-state index in [0.717, 1.165) is 12.0 Å². The summed E-state index contributed by atoms with van der Waals surface area (Å²) in [6, 6.07) is 1.85. The molecule has 0 saturated heterocycles. The minimum atomic E-state index is -0.900. The van der Waals surface area contributed by atoms with E-state index in [1.165, 1.54) is 0 Å². The minimum absolute atomic E-state index is 0.0419. The number of hydrogen-bond acceptors (Lipinski definition) is 4. The molecule has 3 saturated carbocycles. The Balaban J connectivity index is 1.73. The van der Waals surface area contributed by atoms with E-state index >= 15 is 0 Å². The fourth-order valence-electron chi connectivity index (χ4n) is 9.22. The van der Waals surface area contributed by atoms with Crippen LogP contribution in [0.5, 0.6) is 0 Å². The first-order valence-corrected chi connectivity index (χ1v) is 13.1. The van der Waals surface area contributed by atoms with Crippen LogP contribution in [0.1, 0.15) is 72.6 Å². The van der Waals surface area contributed by atoms with E-state index in [2.05, 4.69) is 26.7 Å². The first-order valence-electron chi connectivity index (χ1n) is 13.1. The Bertz CT molecular complexity index is 1230. The van der Waals surface area contributed by atoms with Gasteiger partial charge in [0.1, 0.15) is 11.6 Å². The standard InChI is InChI=1S/C30H36N2O4/c1-7-30-9-8-22-27(4,15-18(17-31)24(34)32(22)6)21(30)14-20(33)23-19-16-26(2,3)10-12-29(19,25(35)36)13-11-28(23,30)5/h1,14-15,19,22-23H,8-13,16H2,2-6H3,(H,35,36)/t19-,22+,23-,27+,28+,29-,30+/m0/s1. The molecular weight excluding hydrogens is 452 g/mol. The second-order valence-electron chi connectivity index (χ2n) is 13.3. The van der Waals surface area contributed by atoms with E-state index in [1.807, 2.05) is 13.0 Å². The summed E-state index contributed by atoms with van der Waals surface area (Å²) in [5.74, 6) is 1.30. The lowest BCUT2D eigenvalue weighted by Gasteiger charge is -2.67. The van der Waals surface area contributed by atoms with Crippen LogP contribution < -0.4 is 0 Å². The third-order valence-corrected chi connectivity index (χ3v) is 11.3. The fourth-order valence-corrected chi connectivity index (χ4v) is 9.22. The number of carbonyl (C=O) groups is 3. The van der Waals surface area contributed by atoms with Crippen molar-refractivity contribution in [2.24, 2.45) is 38.9 Å². The second kappa shape index (κ2) is 7.34. The Morgan fingerprint density at radius 1 is 1.14 bits per heavy atom. The number of ketones is 1. The lowest BCUT2D eigenvalue weighted by atomic mass is 9.35. The maximum atomic E-state index is 14.2. The van der Waals surface area contributed by atoms with E-state index in [1.54, 1.807) is 24.1 Å². The van der Waals surface area contributed by atoms with Gasteiger partial charge in [0.2, 0.25) is 0 Å². The van der Waals surface area contributed by atoms with Gasteiger partial charge < -0.3 is 10.0 Å². The lowest BCUT2D eigenvalue weighted by molar-refractivity contribution is -0.184. The average molecular weight is 489 g/mol. The van der Waals surface area contributed by atoms with Crippen molar-refractivity contribution in [2.45, 2.75) is 78.7 Å². The van der Waals surface area contributed by atoms with Crippen molar-refractivity contribution in [1.29, 1.82) is 5.26 Å². The smallest absolute Gasteiger partial charge is 0.309 e. The summed E-state index contributed by atoms with van der Waals surface area (Å²) in [5.41, 5.74) is -2.14. The zero-order chi connectivity index (χ0) is 26.5. The number of carboxylic acid groups (broad SMARTS) is 1. The number of hydrogen-bond donors (Lipinski definition) is 1. The van der Waals surface area contributed by atoms with E-state index < -0.39 is 33.5 Å². The monoisotopic (exact) mass is 488 g/mol. The van der Waals surface area contributed by atoms with Crippen molar-refractivity contribution in [3.8, 4) is 18.4 Å². The molecule has 1 N–H and O–H groups in total. The van der Waals surface area contributed by atoms with Gasteiger partial charge in [-0.05, 0) is 79.4 Å². The number of likely N-dealkylation sites (N-methyl/N-ethyl adjacent to an activating group) is 1.